The molecule has 20 heavy (non-hydrogen) atoms. The maximum Gasteiger partial charge on any atom is 0.0852 e. The SMILES string of the molecule is CN=Nc1ccc(/C=C/C=C/c2ccc(C)cc2)cc1. The minimum Gasteiger partial charge on any atom is -0.192 e. The Morgan fingerprint density at radius 2 is 1.25 bits per heavy atom. The first-order chi connectivity index (χ1) is 9.78. The Bertz CT molecular complexity index is 617. The highest BCUT2D eigenvalue weighted by Gasteiger charge is 1.89. The van der Waals surface area contributed by atoms with Gasteiger partial charge in [-0.05, 0) is 30.2 Å². The summed E-state index contributed by atoms with van der Waals surface area (Å²) in [4.78, 5) is 0. The van der Waals surface area contributed by atoms with E-state index in [0.717, 1.165) is 11.3 Å². The van der Waals surface area contributed by atoms with Crippen LogP contribution in [0.3, 0.4) is 0 Å². The molecule has 0 radical (unpaired) electrons. The Kier molecular flexibility index (Phi) is 5.01. The zero-order chi connectivity index (χ0) is 14.2. The summed E-state index contributed by atoms with van der Waals surface area (Å²) >= 11 is 0. The molecule has 2 heteroatoms. The third-order valence-corrected chi connectivity index (χ3v) is 2.87. The highest BCUT2D eigenvalue weighted by Crippen LogP contribution is 2.14. The third-order valence-electron chi connectivity index (χ3n) is 2.87. The van der Waals surface area contributed by atoms with Gasteiger partial charge in [0.05, 0.1) is 5.69 Å². The van der Waals surface area contributed by atoms with Crippen molar-refractivity contribution in [3.8, 4) is 0 Å². The number of allylic oxidation sites excluding steroid dienone is 2. The summed E-state index contributed by atoms with van der Waals surface area (Å²) in [5.41, 5.74) is 4.51. The minimum atomic E-state index is 0.875. The Balaban J connectivity index is 1.97. The Hall–Kier alpha value is -2.48. The van der Waals surface area contributed by atoms with Crippen LogP contribution >= 0.6 is 0 Å². The topological polar surface area (TPSA) is 24.7 Å². The quantitative estimate of drug-likeness (QED) is 0.518. The molecule has 0 aliphatic rings. The second-order valence-electron chi connectivity index (χ2n) is 4.52. The number of aryl methyl sites for hydroxylation is 1. The van der Waals surface area contributed by atoms with Gasteiger partial charge in [0.15, 0.2) is 0 Å². The predicted octanol–water partition coefficient (Wildman–Crippen LogP) is 5.44. The van der Waals surface area contributed by atoms with Gasteiger partial charge in [-0.15, -0.1) is 0 Å². The van der Waals surface area contributed by atoms with Gasteiger partial charge in [-0.1, -0.05) is 66.3 Å². The summed E-state index contributed by atoms with van der Waals surface area (Å²) in [5.74, 6) is 0. The predicted molar refractivity (Wildman–Crippen MR) is 86.1 cm³/mol. The maximum absolute atomic E-state index is 3.98. The van der Waals surface area contributed by atoms with E-state index >= 15 is 0 Å². The lowest BCUT2D eigenvalue weighted by Gasteiger charge is -1.94. The molecular formula is C18H18N2. The van der Waals surface area contributed by atoms with Crippen LogP contribution in [-0.2, 0) is 0 Å². The van der Waals surface area contributed by atoms with E-state index in [0.29, 0.717) is 0 Å². The van der Waals surface area contributed by atoms with Gasteiger partial charge in [0.1, 0.15) is 0 Å². The molecule has 0 bridgehead atoms. The summed E-state index contributed by atoms with van der Waals surface area (Å²) in [6, 6.07) is 16.4. The van der Waals surface area contributed by atoms with Crippen molar-refractivity contribution in [3.63, 3.8) is 0 Å². The molecule has 0 atom stereocenters. The molecule has 0 unspecified atom stereocenters. The second kappa shape index (κ2) is 7.19. The largest absolute Gasteiger partial charge is 0.192 e. The molecule has 0 aromatic heterocycles. The molecule has 2 aromatic rings. The summed E-state index contributed by atoms with van der Waals surface area (Å²) in [7, 11) is 1.67. The summed E-state index contributed by atoms with van der Waals surface area (Å²) < 4.78 is 0. The average Bonchev–Trinajstić information content (AvgIpc) is 2.47. The number of hydrogen-bond donors (Lipinski definition) is 0. The fourth-order valence-corrected chi connectivity index (χ4v) is 1.78. The monoisotopic (exact) mass is 262 g/mol. The molecule has 100 valence electrons. The van der Waals surface area contributed by atoms with Crippen molar-refractivity contribution in [2.45, 2.75) is 6.92 Å². The first-order valence-corrected chi connectivity index (χ1v) is 6.59. The van der Waals surface area contributed by atoms with Crippen molar-refractivity contribution in [2.75, 3.05) is 7.05 Å². The summed E-state index contributed by atoms with van der Waals surface area (Å²) in [6.07, 6.45) is 8.24. The van der Waals surface area contributed by atoms with Gasteiger partial charge < -0.3 is 0 Å². The van der Waals surface area contributed by atoms with Gasteiger partial charge in [-0.3, -0.25) is 0 Å². The van der Waals surface area contributed by atoms with Crippen LogP contribution in [0.15, 0.2) is 70.9 Å². The number of nitrogens with zero attached hydrogens (tertiary/aromatic N) is 2. The van der Waals surface area contributed by atoms with Crippen LogP contribution in [0.2, 0.25) is 0 Å². The first kappa shape index (κ1) is 13.9. The van der Waals surface area contributed by atoms with E-state index in [-0.39, 0.29) is 0 Å². The summed E-state index contributed by atoms with van der Waals surface area (Å²) in [6.45, 7) is 2.09. The van der Waals surface area contributed by atoms with Crippen LogP contribution < -0.4 is 0 Å². The number of rotatable bonds is 4. The van der Waals surface area contributed by atoms with E-state index in [4.69, 9.17) is 0 Å². The van der Waals surface area contributed by atoms with Crippen LogP contribution in [0.4, 0.5) is 5.69 Å². The van der Waals surface area contributed by atoms with E-state index < -0.39 is 0 Å². The fourth-order valence-electron chi connectivity index (χ4n) is 1.78. The molecular weight excluding hydrogens is 244 g/mol. The Morgan fingerprint density at radius 1 is 0.750 bits per heavy atom. The lowest BCUT2D eigenvalue weighted by molar-refractivity contribution is 1.17. The minimum absolute atomic E-state index is 0.875. The van der Waals surface area contributed by atoms with Gasteiger partial charge >= 0.3 is 0 Å². The van der Waals surface area contributed by atoms with Crippen molar-refractivity contribution in [1.82, 2.24) is 0 Å². The van der Waals surface area contributed by atoms with Gasteiger partial charge in [-0.25, -0.2) is 0 Å². The van der Waals surface area contributed by atoms with Crippen molar-refractivity contribution in [1.29, 1.82) is 0 Å². The van der Waals surface area contributed by atoms with E-state index in [1.165, 1.54) is 11.1 Å². The molecule has 0 saturated heterocycles. The van der Waals surface area contributed by atoms with Crippen molar-refractivity contribution >= 4 is 17.8 Å². The Labute approximate surface area is 120 Å². The molecule has 0 heterocycles. The molecule has 0 fully saturated rings. The molecule has 0 spiro atoms. The van der Waals surface area contributed by atoms with Gasteiger partial charge in [0, 0.05) is 7.05 Å². The van der Waals surface area contributed by atoms with Gasteiger partial charge in [-0.2, -0.15) is 10.2 Å². The smallest absolute Gasteiger partial charge is 0.0852 e. The van der Waals surface area contributed by atoms with Gasteiger partial charge in [0.2, 0.25) is 0 Å². The maximum atomic E-state index is 3.98. The molecule has 0 saturated carbocycles. The van der Waals surface area contributed by atoms with E-state index in [1.807, 2.05) is 36.4 Å². The van der Waals surface area contributed by atoms with E-state index in [2.05, 4.69) is 53.6 Å². The zero-order valence-electron chi connectivity index (χ0n) is 11.8. The van der Waals surface area contributed by atoms with E-state index in [1.54, 1.807) is 7.05 Å². The Morgan fingerprint density at radius 3 is 1.75 bits per heavy atom. The van der Waals surface area contributed by atoms with Crippen LogP contribution in [0.25, 0.3) is 12.2 Å². The van der Waals surface area contributed by atoms with E-state index in [9.17, 15) is 0 Å². The molecule has 2 nitrogen and oxygen atoms in total. The van der Waals surface area contributed by atoms with Crippen molar-refractivity contribution < 1.29 is 0 Å². The number of azo groups is 1. The fraction of sp³-hybridized carbons (Fsp3) is 0.111. The molecule has 2 rings (SSSR count). The first-order valence-electron chi connectivity index (χ1n) is 6.59. The third kappa shape index (κ3) is 4.32. The second-order valence-corrected chi connectivity index (χ2v) is 4.52. The normalized spacial score (nSPS) is 11.9. The molecule has 2 aromatic carbocycles. The number of benzene rings is 2. The van der Waals surface area contributed by atoms with Gasteiger partial charge in [0.25, 0.3) is 0 Å². The lowest BCUT2D eigenvalue weighted by Crippen LogP contribution is -1.72. The molecule has 0 amide bonds. The highest BCUT2D eigenvalue weighted by atomic mass is 15.1. The highest BCUT2D eigenvalue weighted by molar-refractivity contribution is 5.58. The van der Waals surface area contributed by atoms with Crippen molar-refractivity contribution in [2.24, 2.45) is 10.2 Å². The summed E-state index contributed by atoms with van der Waals surface area (Å²) in [5, 5.41) is 7.72. The molecule has 0 aliphatic carbocycles. The standard InChI is InChI=1S/C18H18N2/c1-15-7-9-16(10-8-15)5-3-4-6-17-11-13-18(14-12-17)20-19-2/h3-14H,1-2H3/b5-3+,6-4+,20-19?. The molecule has 0 aliphatic heterocycles. The zero-order valence-corrected chi connectivity index (χ0v) is 11.8. The lowest BCUT2D eigenvalue weighted by atomic mass is 10.1. The van der Waals surface area contributed by atoms with Crippen molar-refractivity contribution in [3.05, 3.63) is 77.4 Å². The van der Waals surface area contributed by atoms with Crippen LogP contribution in [0.5, 0.6) is 0 Å². The molecule has 0 N–H and O–H groups in total. The van der Waals surface area contributed by atoms with Crippen LogP contribution in [0.1, 0.15) is 16.7 Å². The average molecular weight is 262 g/mol. The number of hydrogen-bond acceptors (Lipinski definition) is 2. The van der Waals surface area contributed by atoms with Crippen LogP contribution in [0, 0.1) is 6.92 Å². The van der Waals surface area contributed by atoms with Crippen LogP contribution in [-0.4, -0.2) is 7.05 Å².